The topological polar surface area (TPSA) is 117 Å². The molecular weight excluding hydrogens is 436 g/mol. The lowest BCUT2D eigenvalue weighted by Crippen LogP contribution is -2.36. The minimum absolute atomic E-state index is 0.0754. The van der Waals surface area contributed by atoms with E-state index in [1.807, 2.05) is 43.3 Å². The first kappa shape index (κ1) is 25.4. The van der Waals surface area contributed by atoms with Gasteiger partial charge in [-0.05, 0) is 29.2 Å². The third kappa shape index (κ3) is 6.88. The molecule has 182 valence electrons. The van der Waals surface area contributed by atoms with E-state index in [1.165, 1.54) is 0 Å². The second-order valence-electron chi connectivity index (χ2n) is 8.08. The SMILES string of the molecule is CCOCCOCCNC(=O)[C@H](CC(N)=O)CC(=O)OCC1c2ccccc2-c2ccccc21. The van der Waals surface area contributed by atoms with Crippen molar-refractivity contribution in [1.82, 2.24) is 5.32 Å². The molecule has 34 heavy (non-hydrogen) atoms. The summed E-state index contributed by atoms with van der Waals surface area (Å²) in [6.45, 7) is 4.13. The molecule has 0 saturated carbocycles. The van der Waals surface area contributed by atoms with Gasteiger partial charge in [0.15, 0.2) is 0 Å². The first-order valence-corrected chi connectivity index (χ1v) is 11.6. The minimum Gasteiger partial charge on any atom is -0.465 e. The van der Waals surface area contributed by atoms with Gasteiger partial charge in [0.1, 0.15) is 6.61 Å². The first-order valence-electron chi connectivity index (χ1n) is 11.6. The molecule has 0 bridgehead atoms. The monoisotopic (exact) mass is 468 g/mol. The molecule has 1 aliphatic carbocycles. The van der Waals surface area contributed by atoms with Crippen LogP contribution in [0.25, 0.3) is 11.1 Å². The van der Waals surface area contributed by atoms with Crippen molar-refractivity contribution in [3.63, 3.8) is 0 Å². The van der Waals surface area contributed by atoms with Crippen molar-refractivity contribution in [2.45, 2.75) is 25.7 Å². The van der Waals surface area contributed by atoms with E-state index in [0.717, 1.165) is 22.3 Å². The predicted octanol–water partition coefficient (Wildman–Crippen LogP) is 2.39. The van der Waals surface area contributed by atoms with Crippen molar-refractivity contribution in [3.05, 3.63) is 59.7 Å². The summed E-state index contributed by atoms with van der Waals surface area (Å²) in [5, 5.41) is 2.69. The van der Waals surface area contributed by atoms with Gasteiger partial charge >= 0.3 is 5.97 Å². The van der Waals surface area contributed by atoms with Gasteiger partial charge in [0.25, 0.3) is 0 Å². The van der Waals surface area contributed by atoms with E-state index in [1.54, 1.807) is 0 Å². The Morgan fingerprint density at radius 2 is 1.53 bits per heavy atom. The maximum absolute atomic E-state index is 12.6. The number of ether oxygens (including phenoxy) is 3. The molecule has 2 aromatic rings. The fourth-order valence-corrected chi connectivity index (χ4v) is 4.13. The molecule has 8 nitrogen and oxygen atoms in total. The molecule has 0 unspecified atom stereocenters. The number of carbonyl (C=O) groups is 3. The lowest BCUT2D eigenvalue weighted by molar-refractivity contribution is -0.147. The van der Waals surface area contributed by atoms with Crippen molar-refractivity contribution < 1.29 is 28.6 Å². The number of esters is 1. The van der Waals surface area contributed by atoms with E-state index >= 15 is 0 Å². The zero-order valence-corrected chi connectivity index (χ0v) is 19.5. The van der Waals surface area contributed by atoms with E-state index in [9.17, 15) is 14.4 Å². The molecule has 3 rings (SSSR count). The van der Waals surface area contributed by atoms with Crippen LogP contribution in [0.15, 0.2) is 48.5 Å². The van der Waals surface area contributed by atoms with Crippen LogP contribution in [0.3, 0.4) is 0 Å². The van der Waals surface area contributed by atoms with Gasteiger partial charge in [0.05, 0.1) is 32.2 Å². The van der Waals surface area contributed by atoms with Gasteiger partial charge in [-0.1, -0.05) is 48.5 Å². The third-order valence-corrected chi connectivity index (χ3v) is 5.73. The van der Waals surface area contributed by atoms with E-state index in [2.05, 4.69) is 17.4 Å². The molecule has 1 atom stereocenters. The summed E-state index contributed by atoms with van der Waals surface area (Å²) < 4.78 is 16.1. The standard InChI is InChI=1S/C26H32N2O6/c1-2-32-13-14-33-12-11-28-26(31)18(15-24(27)29)16-25(30)34-17-23-21-9-5-3-7-19(21)20-8-4-6-10-22(20)23/h3-10,18,23H,2,11-17H2,1H3,(H2,27,29)(H,28,31)/t18-/m1/s1. The number of hydrogen-bond acceptors (Lipinski definition) is 6. The second-order valence-corrected chi connectivity index (χ2v) is 8.08. The van der Waals surface area contributed by atoms with Gasteiger partial charge in [0.2, 0.25) is 11.8 Å². The summed E-state index contributed by atoms with van der Waals surface area (Å²) in [5.41, 5.74) is 9.77. The maximum atomic E-state index is 12.6. The third-order valence-electron chi connectivity index (χ3n) is 5.73. The second kappa shape index (κ2) is 12.9. The van der Waals surface area contributed by atoms with Crippen LogP contribution < -0.4 is 11.1 Å². The Bertz CT molecular complexity index is 947. The van der Waals surface area contributed by atoms with Crippen LogP contribution in [-0.4, -0.2) is 57.4 Å². The van der Waals surface area contributed by atoms with E-state index in [0.29, 0.717) is 26.4 Å². The Hall–Kier alpha value is -3.23. The molecule has 0 fully saturated rings. The summed E-state index contributed by atoms with van der Waals surface area (Å²) >= 11 is 0. The van der Waals surface area contributed by atoms with Gasteiger partial charge < -0.3 is 25.3 Å². The highest BCUT2D eigenvalue weighted by Gasteiger charge is 2.30. The van der Waals surface area contributed by atoms with Crippen molar-refractivity contribution in [1.29, 1.82) is 0 Å². The summed E-state index contributed by atoms with van der Waals surface area (Å²) in [4.78, 5) is 36.6. The highest BCUT2D eigenvalue weighted by atomic mass is 16.5. The van der Waals surface area contributed by atoms with Gasteiger partial charge in [-0.2, -0.15) is 0 Å². The van der Waals surface area contributed by atoms with E-state index < -0.39 is 23.7 Å². The van der Waals surface area contributed by atoms with Crippen molar-refractivity contribution in [2.24, 2.45) is 11.7 Å². The minimum atomic E-state index is -0.892. The van der Waals surface area contributed by atoms with Gasteiger partial charge in [-0.25, -0.2) is 0 Å². The number of nitrogens with one attached hydrogen (secondary N) is 1. The lowest BCUT2D eigenvalue weighted by atomic mass is 9.97. The summed E-state index contributed by atoms with van der Waals surface area (Å²) in [5.74, 6) is -2.60. The number of primary amides is 1. The molecule has 2 aromatic carbocycles. The quantitative estimate of drug-likeness (QED) is 0.325. The number of fused-ring (bicyclic) bond motifs is 3. The smallest absolute Gasteiger partial charge is 0.306 e. The average molecular weight is 469 g/mol. The number of carbonyl (C=O) groups excluding carboxylic acids is 3. The zero-order chi connectivity index (χ0) is 24.3. The average Bonchev–Trinajstić information content (AvgIpc) is 3.15. The van der Waals surface area contributed by atoms with Crippen LogP contribution in [0.1, 0.15) is 36.8 Å². The van der Waals surface area contributed by atoms with Crippen LogP contribution >= 0.6 is 0 Å². The highest BCUT2D eigenvalue weighted by molar-refractivity contribution is 5.88. The summed E-state index contributed by atoms with van der Waals surface area (Å²) in [7, 11) is 0. The fraction of sp³-hybridized carbons (Fsp3) is 0.423. The predicted molar refractivity (Wildman–Crippen MR) is 127 cm³/mol. The molecule has 0 heterocycles. The van der Waals surface area contributed by atoms with E-state index in [4.69, 9.17) is 19.9 Å². The number of amides is 2. The highest BCUT2D eigenvalue weighted by Crippen LogP contribution is 2.44. The number of nitrogens with two attached hydrogens (primary N) is 1. The van der Waals surface area contributed by atoms with Crippen LogP contribution in [0.4, 0.5) is 0 Å². The Morgan fingerprint density at radius 3 is 2.15 bits per heavy atom. The maximum Gasteiger partial charge on any atom is 0.306 e. The summed E-state index contributed by atoms with van der Waals surface area (Å²) in [6, 6.07) is 16.1. The number of benzene rings is 2. The molecule has 1 aliphatic rings. The van der Waals surface area contributed by atoms with Crippen molar-refractivity contribution in [3.8, 4) is 11.1 Å². The van der Waals surface area contributed by atoms with Gasteiger partial charge in [-0.15, -0.1) is 0 Å². The van der Waals surface area contributed by atoms with Crippen LogP contribution in [0.2, 0.25) is 0 Å². The Balaban J connectivity index is 1.52. The molecule has 0 aromatic heterocycles. The fourth-order valence-electron chi connectivity index (χ4n) is 4.13. The molecule has 3 N–H and O–H groups in total. The molecule has 0 saturated heterocycles. The van der Waals surface area contributed by atoms with Gasteiger partial charge in [-0.3, -0.25) is 14.4 Å². The Morgan fingerprint density at radius 1 is 0.912 bits per heavy atom. The normalized spacial score (nSPS) is 13.1. The molecular formula is C26H32N2O6. The largest absolute Gasteiger partial charge is 0.465 e. The molecule has 8 heteroatoms. The van der Waals surface area contributed by atoms with Crippen LogP contribution in [-0.2, 0) is 28.6 Å². The number of hydrogen-bond donors (Lipinski definition) is 2. The lowest BCUT2D eigenvalue weighted by Gasteiger charge is -2.17. The van der Waals surface area contributed by atoms with Crippen LogP contribution in [0.5, 0.6) is 0 Å². The zero-order valence-electron chi connectivity index (χ0n) is 19.5. The van der Waals surface area contributed by atoms with E-state index in [-0.39, 0.29) is 31.9 Å². The summed E-state index contributed by atoms with van der Waals surface area (Å²) in [6.07, 6.45) is -0.461. The van der Waals surface area contributed by atoms with Crippen LogP contribution in [0, 0.1) is 5.92 Å². The molecule has 0 aliphatic heterocycles. The van der Waals surface area contributed by atoms with Crippen molar-refractivity contribution >= 4 is 17.8 Å². The van der Waals surface area contributed by atoms with Gasteiger partial charge in [0, 0.05) is 25.5 Å². The molecule has 0 radical (unpaired) electrons. The Kier molecular flexibility index (Phi) is 9.61. The first-order chi connectivity index (χ1) is 16.5. The number of rotatable bonds is 14. The molecule has 2 amide bonds. The Labute approximate surface area is 199 Å². The molecule has 0 spiro atoms. The van der Waals surface area contributed by atoms with Crippen molar-refractivity contribution in [2.75, 3.05) is 39.6 Å².